The van der Waals surface area contributed by atoms with Crippen molar-refractivity contribution in [2.75, 3.05) is 44.7 Å². The molecule has 2 aliphatic rings. The molecular formula is C27H36N4O2. The van der Waals surface area contributed by atoms with E-state index in [4.69, 9.17) is 0 Å². The largest absolute Gasteiger partial charge is 0.375 e. The lowest BCUT2D eigenvalue weighted by molar-refractivity contribution is -0.131. The van der Waals surface area contributed by atoms with Gasteiger partial charge in [0, 0.05) is 63.4 Å². The molecule has 6 nitrogen and oxygen atoms in total. The van der Waals surface area contributed by atoms with E-state index in [-0.39, 0.29) is 11.8 Å². The summed E-state index contributed by atoms with van der Waals surface area (Å²) in [6.45, 7) is 3.36. The first-order chi connectivity index (χ1) is 16.1. The number of anilines is 1. The summed E-state index contributed by atoms with van der Waals surface area (Å²) >= 11 is 0. The summed E-state index contributed by atoms with van der Waals surface area (Å²) in [6.07, 6.45) is 12.0. The van der Waals surface area contributed by atoms with Crippen molar-refractivity contribution < 1.29 is 9.59 Å². The number of nitrogens with zero attached hydrogens (tertiary/aromatic N) is 4. The van der Waals surface area contributed by atoms with Gasteiger partial charge in [0.15, 0.2) is 0 Å². The van der Waals surface area contributed by atoms with E-state index in [0.717, 1.165) is 29.3 Å². The average molecular weight is 449 g/mol. The molecule has 0 spiro atoms. The fourth-order valence-corrected chi connectivity index (χ4v) is 4.97. The van der Waals surface area contributed by atoms with Crippen LogP contribution in [0.1, 0.15) is 54.4 Å². The summed E-state index contributed by atoms with van der Waals surface area (Å²) in [5.74, 6) is 1.01. The van der Waals surface area contributed by atoms with Crippen molar-refractivity contribution in [1.82, 2.24) is 14.8 Å². The van der Waals surface area contributed by atoms with Gasteiger partial charge in [-0.2, -0.15) is 0 Å². The zero-order valence-corrected chi connectivity index (χ0v) is 19.8. The number of carbonyl (C=O) groups is 2. The molecule has 1 aromatic carbocycles. The first-order valence-corrected chi connectivity index (χ1v) is 12.4. The molecule has 1 aromatic heterocycles. The SMILES string of the molecule is CN(CCC1CCCCC1)c1ccc(C(=O)N2CCN(C(=O)Cc3cccnc3)CC2)cc1. The molecule has 0 N–H and O–H groups in total. The first kappa shape index (κ1) is 23.3. The van der Waals surface area contributed by atoms with Gasteiger partial charge in [-0.3, -0.25) is 14.6 Å². The maximum atomic E-state index is 13.0. The van der Waals surface area contributed by atoms with Crippen LogP contribution in [0.2, 0.25) is 0 Å². The molecule has 1 saturated carbocycles. The van der Waals surface area contributed by atoms with E-state index in [1.54, 1.807) is 12.4 Å². The van der Waals surface area contributed by atoms with Gasteiger partial charge in [-0.25, -0.2) is 0 Å². The van der Waals surface area contributed by atoms with Gasteiger partial charge < -0.3 is 14.7 Å². The number of aromatic nitrogens is 1. The van der Waals surface area contributed by atoms with E-state index < -0.39 is 0 Å². The molecule has 2 aromatic rings. The van der Waals surface area contributed by atoms with Crippen molar-refractivity contribution in [2.24, 2.45) is 5.92 Å². The van der Waals surface area contributed by atoms with Crippen LogP contribution in [0.15, 0.2) is 48.8 Å². The van der Waals surface area contributed by atoms with Gasteiger partial charge in [0.1, 0.15) is 0 Å². The molecule has 0 atom stereocenters. The van der Waals surface area contributed by atoms with E-state index in [1.807, 2.05) is 34.1 Å². The van der Waals surface area contributed by atoms with Gasteiger partial charge >= 0.3 is 0 Å². The topological polar surface area (TPSA) is 56.8 Å². The monoisotopic (exact) mass is 448 g/mol. The highest BCUT2D eigenvalue weighted by Crippen LogP contribution is 2.27. The number of benzene rings is 1. The number of amides is 2. The second-order valence-corrected chi connectivity index (χ2v) is 9.47. The number of hydrogen-bond donors (Lipinski definition) is 0. The van der Waals surface area contributed by atoms with Crippen LogP contribution < -0.4 is 4.90 Å². The second kappa shape index (κ2) is 11.3. The third-order valence-electron chi connectivity index (χ3n) is 7.15. The molecular weight excluding hydrogens is 412 g/mol. The highest BCUT2D eigenvalue weighted by molar-refractivity contribution is 5.94. The van der Waals surface area contributed by atoms with Gasteiger partial charge in [0.25, 0.3) is 5.91 Å². The fraction of sp³-hybridized carbons (Fsp3) is 0.519. The summed E-state index contributed by atoms with van der Waals surface area (Å²) in [6, 6.07) is 11.8. The Labute approximate surface area is 197 Å². The Morgan fingerprint density at radius 1 is 0.970 bits per heavy atom. The Hall–Kier alpha value is -2.89. The third-order valence-corrected chi connectivity index (χ3v) is 7.15. The Kier molecular flexibility index (Phi) is 7.97. The van der Waals surface area contributed by atoms with Gasteiger partial charge in [0.05, 0.1) is 6.42 Å². The van der Waals surface area contributed by atoms with E-state index in [2.05, 4.69) is 29.1 Å². The molecule has 0 unspecified atom stereocenters. The average Bonchev–Trinajstić information content (AvgIpc) is 2.88. The van der Waals surface area contributed by atoms with Crippen molar-refractivity contribution in [1.29, 1.82) is 0 Å². The van der Waals surface area contributed by atoms with Gasteiger partial charge in [-0.1, -0.05) is 38.2 Å². The molecule has 1 aliphatic heterocycles. The minimum atomic E-state index is 0.0470. The van der Waals surface area contributed by atoms with Crippen LogP contribution >= 0.6 is 0 Å². The quantitative estimate of drug-likeness (QED) is 0.642. The maximum Gasteiger partial charge on any atom is 0.253 e. The standard InChI is InChI=1S/C27H36N4O2/c1-29(15-13-22-6-3-2-4-7-22)25-11-9-24(10-12-25)27(33)31-18-16-30(17-19-31)26(32)20-23-8-5-14-28-21-23/h5,8-12,14,21-22H,2-4,6-7,13,15-20H2,1H3. The number of hydrogen-bond acceptors (Lipinski definition) is 4. The highest BCUT2D eigenvalue weighted by Gasteiger charge is 2.25. The normalized spacial score (nSPS) is 17.1. The number of carbonyl (C=O) groups excluding carboxylic acids is 2. The van der Waals surface area contributed by atoms with Crippen molar-refractivity contribution in [2.45, 2.75) is 44.9 Å². The molecule has 0 bridgehead atoms. The first-order valence-electron chi connectivity index (χ1n) is 12.4. The molecule has 2 amide bonds. The zero-order chi connectivity index (χ0) is 23.0. The summed E-state index contributed by atoms with van der Waals surface area (Å²) in [4.78, 5) is 35.6. The molecule has 4 rings (SSSR count). The van der Waals surface area contributed by atoms with Crippen LogP contribution in [0.5, 0.6) is 0 Å². The van der Waals surface area contributed by atoms with Crippen LogP contribution in [0.3, 0.4) is 0 Å². The predicted molar refractivity (Wildman–Crippen MR) is 131 cm³/mol. The van der Waals surface area contributed by atoms with Crippen molar-refractivity contribution in [3.63, 3.8) is 0 Å². The Bertz CT molecular complexity index is 901. The molecule has 1 saturated heterocycles. The number of rotatable bonds is 7. The van der Waals surface area contributed by atoms with Crippen LogP contribution in [0, 0.1) is 5.92 Å². The lowest BCUT2D eigenvalue weighted by atomic mass is 9.87. The summed E-state index contributed by atoms with van der Waals surface area (Å²) < 4.78 is 0. The summed E-state index contributed by atoms with van der Waals surface area (Å²) in [7, 11) is 2.14. The van der Waals surface area contributed by atoms with Crippen LogP contribution in [0.25, 0.3) is 0 Å². The van der Waals surface area contributed by atoms with Crippen molar-refractivity contribution in [3.8, 4) is 0 Å². The Morgan fingerprint density at radius 3 is 2.33 bits per heavy atom. The number of piperazine rings is 1. The minimum Gasteiger partial charge on any atom is -0.375 e. The highest BCUT2D eigenvalue weighted by atomic mass is 16.2. The lowest BCUT2D eigenvalue weighted by Crippen LogP contribution is -2.51. The minimum absolute atomic E-state index is 0.0470. The molecule has 2 fully saturated rings. The molecule has 6 heteroatoms. The molecule has 33 heavy (non-hydrogen) atoms. The Balaban J connectivity index is 1.24. The lowest BCUT2D eigenvalue weighted by Gasteiger charge is -2.35. The van der Waals surface area contributed by atoms with Crippen molar-refractivity contribution in [3.05, 3.63) is 59.9 Å². The maximum absolute atomic E-state index is 13.0. The fourth-order valence-electron chi connectivity index (χ4n) is 4.97. The van der Waals surface area contributed by atoms with Crippen LogP contribution in [-0.4, -0.2) is 66.4 Å². The van der Waals surface area contributed by atoms with Crippen LogP contribution in [0.4, 0.5) is 5.69 Å². The smallest absolute Gasteiger partial charge is 0.253 e. The second-order valence-electron chi connectivity index (χ2n) is 9.47. The molecule has 0 radical (unpaired) electrons. The van der Waals surface area contributed by atoms with E-state index in [1.165, 1.54) is 38.5 Å². The van der Waals surface area contributed by atoms with E-state index in [9.17, 15) is 9.59 Å². The zero-order valence-electron chi connectivity index (χ0n) is 19.8. The molecule has 176 valence electrons. The Morgan fingerprint density at radius 2 is 1.67 bits per heavy atom. The number of pyridine rings is 1. The molecule has 1 aliphatic carbocycles. The predicted octanol–water partition coefficient (Wildman–Crippen LogP) is 4.02. The van der Waals surface area contributed by atoms with Crippen LogP contribution in [-0.2, 0) is 11.2 Å². The molecule has 2 heterocycles. The summed E-state index contributed by atoms with van der Waals surface area (Å²) in [5.41, 5.74) is 2.80. The van der Waals surface area contributed by atoms with Gasteiger partial charge in [-0.05, 0) is 48.2 Å². The summed E-state index contributed by atoms with van der Waals surface area (Å²) in [5, 5.41) is 0. The van der Waals surface area contributed by atoms with E-state index in [0.29, 0.717) is 32.6 Å². The van der Waals surface area contributed by atoms with Gasteiger partial charge in [0.2, 0.25) is 5.91 Å². The van der Waals surface area contributed by atoms with E-state index >= 15 is 0 Å². The third kappa shape index (κ3) is 6.34. The van der Waals surface area contributed by atoms with Gasteiger partial charge in [-0.15, -0.1) is 0 Å². The van der Waals surface area contributed by atoms with Crippen molar-refractivity contribution >= 4 is 17.5 Å².